The van der Waals surface area contributed by atoms with Gasteiger partial charge in [0.2, 0.25) is 17.6 Å². The molecule has 2 saturated heterocycles. The Balaban J connectivity index is 1.54. The van der Waals surface area contributed by atoms with E-state index in [2.05, 4.69) is 55.9 Å². The van der Waals surface area contributed by atoms with Crippen molar-refractivity contribution in [2.75, 3.05) is 24.6 Å². The number of carbonyl (C=O) groups excluding carboxylic acids is 5. The Morgan fingerprint density at radius 3 is 2.20 bits per heavy atom. The fourth-order valence-corrected chi connectivity index (χ4v) is 10.4. The SMILES string of the molecule is CCCCC(NC(=O)[C@@H]1[C@@H]2[C@H](CN1C(=O)[C@@H](NC(=O)N[C@H](CC1CCCS(=O)(=O)CC1)C(C)(C)C)C1CCCCC1)C2(C)C)C(=O)C(=O)NCC. The zero-order chi connectivity index (χ0) is 37.7. The highest BCUT2D eigenvalue weighted by molar-refractivity contribution is 7.91. The lowest BCUT2D eigenvalue weighted by Crippen LogP contribution is -2.61. The van der Waals surface area contributed by atoms with Crippen LogP contribution in [0.5, 0.6) is 0 Å². The zero-order valence-corrected chi connectivity index (χ0v) is 33.0. The Morgan fingerprint density at radius 1 is 0.882 bits per heavy atom. The Morgan fingerprint density at radius 2 is 1.57 bits per heavy atom. The molecule has 4 aliphatic rings. The van der Waals surface area contributed by atoms with Gasteiger partial charge in [0.25, 0.3) is 5.91 Å². The van der Waals surface area contributed by atoms with E-state index in [1.165, 1.54) is 0 Å². The van der Waals surface area contributed by atoms with Gasteiger partial charge in [-0.05, 0) is 86.4 Å². The van der Waals surface area contributed by atoms with Crippen LogP contribution >= 0.6 is 0 Å². The van der Waals surface area contributed by atoms with Crippen molar-refractivity contribution in [3.8, 4) is 0 Å². The Kier molecular flexibility index (Phi) is 13.7. The van der Waals surface area contributed by atoms with Crippen LogP contribution in [-0.2, 0) is 29.0 Å². The number of piperidine rings is 1. The van der Waals surface area contributed by atoms with Crippen molar-refractivity contribution in [3.63, 3.8) is 0 Å². The molecule has 2 aliphatic carbocycles. The molecule has 0 aromatic heterocycles. The van der Waals surface area contributed by atoms with Gasteiger partial charge in [-0.2, -0.15) is 0 Å². The molecule has 4 fully saturated rings. The summed E-state index contributed by atoms with van der Waals surface area (Å²) in [5.74, 6) is -1.63. The summed E-state index contributed by atoms with van der Waals surface area (Å²) in [5, 5.41) is 11.7. The summed E-state index contributed by atoms with van der Waals surface area (Å²) >= 11 is 0. The van der Waals surface area contributed by atoms with Crippen LogP contribution in [0.2, 0.25) is 0 Å². The van der Waals surface area contributed by atoms with Gasteiger partial charge in [-0.15, -0.1) is 0 Å². The molecule has 7 atom stereocenters. The molecule has 2 unspecified atom stereocenters. The van der Waals surface area contributed by atoms with Gasteiger partial charge < -0.3 is 26.2 Å². The number of likely N-dealkylation sites (N-methyl/N-ethyl adjacent to an activating group) is 1. The zero-order valence-electron chi connectivity index (χ0n) is 32.1. The number of hydrogen-bond acceptors (Lipinski definition) is 7. The number of ketones is 1. The first-order valence-electron chi connectivity index (χ1n) is 19.6. The predicted molar refractivity (Wildman–Crippen MR) is 197 cm³/mol. The molecule has 290 valence electrons. The van der Waals surface area contributed by atoms with Crippen LogP contribution in [0, 0.1) is 34.5 Å². The van der Waals surface area contributed by atoms with Crippen LogP contribution in [0.25, 0.3) is 0 Å². The van der Waals surface area contributed by atoms with Crippen LogP contribution in [0.15, 0.2) is 0 Å². The number of fused-ring (bicyclic) bond motifs is 1. The predicted octanol–water partition coefficient (Wildman–Crippen LogP) is 4.12. The molecule has 5 amide bonds. The number of amides is 5. The van der Waals surface area contributed by atoms with Gasteiger partial charge >= 0.3 is 6.03 Å². The highest BCUT2D eigenvalue weighted by Crippen LogP contribution is 2.65. The first kappa shape index (κ1) is 41.1. The van der Waals surface area contributed by atoms with Crippen LogP contribution in [-0.4, -0.2) is 91.6 Å². The lowest BCUT2D eigenvalue weighted by atomic mass is 9.79. The second-order valence-corrected chi connectivity index (χ2v) is 19.7. The smallest absolute Gasteiger partial charge is 0.315 e. The van der Waals surface area contributed by atoms with Gasteiger partial charge in [-0.25, -0.2) is 13.2 Å². The minimum atomic E-state index is -3.04. The number of Topliss-reactive ketones (excluding diaryl/α,β-unsaturated/α-hetero) is 1. The third-order valence-electron chi connectivity index (χ3n) is 12.3. The van der Waals surface area contributed by atoms with Gasteiger partial charge in [0.05, 0.1) is 17.5 Å². The first-order valence-corrected chi connectivity index (χ1v) is 21.4. The summed E-state index contributed by atoms with van der Waals surface area (Å²) in [6.07, 6.45) is 8.97. The number of nitrogens with zero attached hydrogens (tertiary/aromatic N) is 1. The Hall–Kier alpha value is -2.70. The Bertz CT molecular complexity index is 1390. The third-order valence-corrected chi connectivity index (χ3v) is 14.1. The third kappa shape index (κ3) is 10.3. The Labute approximate surface area is 306 Å². The summed E-state index contributed by atoms with van der Waals surface area (Å²) in [4.78, 5) is 69.9. The topological polar surface area (TPSA) is 171 Å². The van der Waals surface area contributed by atoms with Crippen molar-refractivity contribution in [3.05, 3.63) is 0 Å². The fourth-order valence-electron chi connectivity index (χ4n) is 8.90. The molecule has 0 radical (unpaired) electrons. The second-order valence-electron chi connectivity index (χ2n) is 17.4. The highest BCUT2D eigenvalue weighted by atomic mass is 32.2. The van der Waals surface area contributed by atoms with Gasteiger partial charge in [0.15, 0.2) is 0 Å². The van der Waals surface area contributed by atoms with Gasteiger partial charge in [-0.3, -0.25) is 19.2 Å². The lowest BCUT2D eigenvalue weighted by Gasteiger charge is -2.38. The molecule has 4 rings (SSSR count). The standard InChI is InChI=1S/C38H65N5O7S/c1-8-10-18-27(32(44)34(46)39-9-2)40-33(45)31-29-26(38(29,6)7)23-43(31)35(47)30(25-16-12-11-13-17-25)42-36(48)41-28(37(3,4)5)22-24-15-14-20-51(49,50)21-19-24/h24-31H,8-23H2,1-7H3,(H,39,46)(H,40,45)(H2,41,42,48)/t24?,26-,27?,28+,29-,30-,31-/m0/s1. The van der Waals surface area contributed by atoms with E-state index in [-0.39, 0.29) is 58.0 Å². The molecule has 0 aromatic carbocycles. The van der Waals surface area contributed by atoms with Crippen molar-refractivity contribution in [2.45, 2.75) is 150 Å². The molecule has 0 aromatic rings. The van der Waals surface area contributed by atoms with Gasteiger partial charge in [0, 0.05) is 19.1 Å². The minimum absolute atomic E-state index is 0.0811. The molecule has 2 aliphatic heterocycles. The fraction of sp³-hybridized carbons (Fsp3) is 0.868. The molecule has 51 heavy (non-hydrogen) atoms. The maximum Gasteiger partial charge on any atom is 0.315 e. The van der Waals surface area contributed by atoms with Crippen molar-refractivity contribution >= 4 is 39.4 Å². The van der Waals surface area contributed by atoms with E-state index in [1.54, 1.807) is 11.8 Å². The number of nitrogens with one attached hydrogen (secondary N) is 4. The molecule has 4 N–H and O–H groups in total. The molecular weight excluding hydrogens is 671 g/mol. The van der Waals surface area contributed by atoms with E-state index in [1.807, 2.05) is 6.92 Å². The number of hydrogen-bond donors (Lipinski definition) is 4. The summed E-state index contributed by atoms with van der Waals surface area (Å²) < 4.78 is 24.5. The number of sulfone groups is 1. The van der Waals surface area contributed by atoms with Crippen LogP contribution in [0.4, 0.5) is 4.79 Å². The van der Waals surface area contributed by atoms with Crippen LogP contribution in [0.3, 0.4) is 0 Å². The molecule has 0 bridgehead atoms. The van der Waals surface area contributed by atoms with Crippen LogP contribution < -0.4 is 21.3 Å². The summed E-state index contributed by atoms with van der Waals surface area (Å²) in [6.45, 7) is 14.8. The average Bonchev–Trinajstić information content (AvgIpc) is 3.41. The summed E-state index contributed by atoms with van der Waals surface area (Å²) in [6, 6.07) is -3.29. The van der Waals surface area contributed by atoms with Crippen LogP contribution in [0.1, 0.15) is 126 Å². The highest BCUT2D eigenvalue weighted by Gasteiger charge is 2.69. The molecular formula is C38H65N5O7S. The van der Waals surface area contributed by atoms with Crippen molar-refractivity contribution in [2.24, 2.45) is 34.5 Å². The number of carbonyl (C=O) groups is 5. The lowest BCUT2D eigenvalue weighted by molar-refractivity contribution is -0.144. The van der Waals surface area contributed by atoms with Gasteiger partial charge in [0.1, 0.15) is 21.9 Å². The largest absolute Gasteiger partial charge is 0.350 e. The van der Waals surface area contributed by atoms with Crippen molar-refractivity contribution < 1.29 is 32.4 Å². The summed E-state index contributed by atoms with van der Waals surface area (Å²) in [5.41, 5.74) is -0.471. The van der Waals surface area contributed by atoms with Crippen molar-refractivity contribution in [1.29, 1.82) is 0 Å². The molecule has 13 heteroatoms. The van der Waals surface area contributed by atoms with Gasteiger partial charge in [-0.1, -0.05) is 73.6 Å². The van der Waals surface area contributed by atoms with E-state index < -0.39 is 51.6 Å². The quantitative estimate of drug-likeness (QED) is 0.195. The van der Waals surface area contributed by atoms with E-state index in [4.69, 9.17) is 0 Å². The maximum absolute atomic E-state index is 14.7. The van der Waals surface area contributed by atoms with E-state index >= 15 is 0 Å². The maximum atomic E-state index is 14.7. The normalized spacial score (nSPS) is 27.5. The molecule has 0 spiro atoms. The summed E-state index contributed by atoms with van der Waals surface area (Å²) in [7, 11) is -3.04. The number of urea groups is 1. The number of rotatable bonds is 14. The molecule has 12 nitrogen and oxygen atoms in total. The first-order chi connectivity index (χ1) is 23.9. The van der Waals surface area contributed by atoms with E-state index in [0.29, 0.717) is 45.2 Å². The second kappa shape index (κ2) is 17.0. The number of unbranched alkanes of at least 4 members (excludes halogenated alkanes) is 1. The van der Waals surface area contributed by atoms with E-state index in [9.17, 15) is 32.4 Å². The molecule has 2 heterocycles. The van der Waals surface area contributed by atoms with E-state index in [0.717, 1.165) is 44.9 Å². The molecule has 2 saturated carbocycles. The van der Waals surface area contributed by atoms with Crippen molar-refractivity contribution in [1.82, 2.24) is 26.2 Å². The monoisotopic (exact) mass is 735 g/mol. The minimum Gasteiger partial charge on any atom is -0.350 e. The average molecular weight is 736 g/mol. The number of likely N-dealkylation sites (tertiary alicyclic amines) is 1.